The van der Waals surface area contributed by atoms with Crippen LogP contribution in [0.25, 0.3) is 0 Å². The minimum Gasteiger partial charge on any atom is -0.487 e. The number of nitriles is 1. The second kappa shape index (κ2) is 14.4. The molecule has 0 saturated carbocycles. The zero-order valence-electron chi connectivity index (χ0n) is 27.3. The van der Waals surface area contributed by atoms with Crippen LogP contribution in [0.3, 0.4) is 0 Å². The number of unbranched alkanes of at least 4 members (excludes halogenated alkanes) is 2. The lowest BCUT2D eigenvalue weighted by Crippen LogP contribution is -2.45. The van der Waals surface area contributed by atoms with Gasteiger partial charge in [-0.3, -0.25) is 9.69 Å². The highest BCUT2D eigenvalue weighted by atomic mass is 35.5. The largest absolute Gasteiger partial charge is 0.487 e. The Kier molecular flexibility index (Phi) is 12.4. The fraction of sp³-hybridized carbons (Fsp3) is 0.714. The Bertz CT molecular complexity index is 1110. The first-order valence-corrected chi connectivity index (χ1v) is 15.5. The van der Waals surface area contributed by atoms with E-state index >= 15 is 0 Å². The van der Waals surface area contributed by atoms with Crippen molar-refractivity contribution in [1.29, 1.82) is 5.26 Å². The van der Waals surface area contributed by atoms with Gasteiger partial charge in [-0.05, 0) is 110 Å². The SMILES string of the molecule is CC1=CC[C@@H]2[C@@H](C1)c1c(OC(=O)C(C)CCN(C(C)C)C(C)C)cc(C(C)(C)CCCCC#N)cc1OC2(C)C.Cl. The predicted octanol–water partition coefficient (Wildman–Crippen LogP) is 9.13. The van der Waals surface area contributed by atoms with Gasteiger partial charge in [0, 0.05) is 35.9 Å². The van der Waals surface area contributed by atoms with Gasteiger partial charge in [-0.1, -0.05) is 38.8 Å². The Balaban J connectivity index is 0.00000588. The van der Waals surface area contributed by atoms with Crippen molar-refractivity contribution in [3.8, 4) is 17.6 Å². The summed E-state index contributed by atoms with van der Waals surface area (Å²) in [5, 5.41) is 8.97. The average Bonchev–Trinajstić information content (AvgIpc) is 2.85. The van der Waals surface area contributed by atoms with Crippen LogP contribution in [0.2, 0.25) is 0 Å². The van der Waals surface area contributed by atoms with Crippen molar-refractivity contribution in [3.63, 3.8) is 0 Å². The summed E-state index contributed by atoms with van der Waals surface area (Å²) in [6, 6.07) is 7.45. The van der Waals surface area contributed by atoms with E-state index in [-0.39, 0.29) is 41.2 Å². The van der Waals surface area contributed by atoms with Gasteiger partial charge in [-0.2, -0.15) is 5.26 Å². The molecule has 1 aliphatic carbocycles. The first kappa shape index (κ1) is 35.2. The second-order valence-electron chi connectivity index (χ2n) is 14.1. The molecule has 1 aromatic carbocycles. The van der Waals surface area contributed by atoms with Gasteiger partial charge >= 0.3 is 5.97 Å². The van der Waals surface area contributed by atoms with Gasteiger partial charge in [-0.25, -0.2) is 0 Å². The molecule has 0 spiro atoms. The standard InChI is InChI=1S/C35H54N2O3.ClH/c1-23(2)37(24(3)4)19-16-26(6)33(38)39-30-21-27(34(7,8)17-12-11-13-18-36)22-31-32(30)28-20-25(5)14-15-29(28)35(9,10)40-31;/h14,21-24,26,28-29H,11-13,15-17,19-20H2,1-10H3;1H/t26?,28-,29-;/m1./s1. The van der Waals surface area contributed by atoms with Gasteiger partial charge in [0.1, 0.15) is 17.1 Å². The molecule has 2 aliphatic rings. The van der Waals surface area contributed by atoms with Crippen molar-refractivity contribution in [2.24, 2.45) is 11.8 Å². The summed E-state index contributed by atoms with van der Waals surface area (Å²) >= 11 is 0. The summed E-state index contributed by atoms with van der Waals surface area (Å²) < 4.78 is 13.1. The Morgan fingerprint density at radius 1 is 1.17 bits per heavy atom. The quantitative estimate of drug-likeness (QED) is 0.106. The summed E-state index contributed by atoms with van der Waals surface area (Å²) in [4.78, 5) is 16.0. The first-order valence-electron chi connectivity index (χ1n) is 15.5. The molecule has 1 unspecified atom stereocenters. The van der Waals surface area contributed by atoms with E-state index < -0.39 is 0 Å². The number of hydrogen-bond donors (Lipinski definition) is 0. The number of ether oxygens (including phenoxy) is 2. The minimum absolute atomic E-state index is 0. The molecule has 0 N–H and O–H groups in total. The second-order valence-corrected chi connectivity index (χ2v) is 14.1. The van der Waals surface area contributed by atoms with E-state index in [1.165, 1.54) is 5.57 Å². The van der Waals surface area contributed by atoms with Crippen LogP contribution in [-0.2, 0) is 10.2 Å². The number of esters is 1. The highest BCUT2D eigenvalue weighted by Gasteiger charge is 2.46. The summed E-state index contributed by atoms with van der Waals surface area (Å²) in [5.41, 5.74) is 3.13. The summed E-state index contributed by atoms with van der Waals surface area (Å²) in [6.45, 7) is 22.8. The molecule has 0 amide bonds. The number of hydrogen-bond acceptors (Lipinski definition) is 5. The third-order valence-corrected chi connectivity index (χ3v) is 9.37. The molecule has 0 aromatic heterocycles. The molecule has 0 saturated heterocycles. The van der Waals surface area contributed by atoms with E-state index in [9.17, 15) is 4.79 Å². The lowest BCUT2D eigenvalue weighted by Gasteiger charge is -2.47. The minimum atomic E-state index is -0.309. The number of allylic oxidation sites excluding steroid dienone is 2. The van der Waals surface area contributed by atoms with E-state index in [1.54, 1.807) is 0 Å². The predicted molar refractivity (Wildman–Crippen MR) is 171 cm³/mol. The third-order valence-electron chi connectivity index (χ3n) is 9.37. The smallest absolute Gasteiger partial charge is 0.314 e. The van der Waals surface area contributed by atoms with Gasteiger partial charge in [-0.15, -0.1) is 12.4 Å². The number of carbonyl (C=O) groups excluding carboxylic acids is 1. The fourth-order valence-electron chi connectivity index (χ4n) is 6.72. The van der Waals surface area contributed by atoms with Gasteiger partial charge in [0.2, 0.25) is 0 Å². The molecule has 1 heterocycles. The fourth-order valence-corrected chi connectivity index (χ4v) is 6.72. The zero-order chi connectivity index (χ0) is 29.8. The number of rotatable bonds is 12. The highest BCUT2D eigenvalue weighted by Crippen LogP contribution is 2.55. The summed E-state index contributed by atoms with van der Waals surface area (Å²) in [5.74, 6) is 1.76. The van der Waals surface area contributed by atoms with Crippen LogP contribution in [0.15, 0.2) is 23.8 Å². The van der Waals surface area contributed by atoms with Crippen LogP contribution in [0.5, 0.6) is 11.5 Å². The van der Waals surface area contributed by atoms with E-state index in [0.717, 1.165) is 61.9 Å². The van der Waals surface area contributed by atoms with Gasteiger partial charge < -0.3 is 9.47 Å². The Morgan fingerprint density at radius 2 is 1.83 bits per heavy atom. The number of nitrogens with zero attached hydrogens (tertiary/aromatic N) is 2. The third kappa shape index (κ3) is 8.51. The highest BCUT2D eigenvalue weighted by molar-refractivity contribution is 5.85. The molecular weight excluding hydrogens is 532 g/mol. The van der Waals surface area contributed by atoms with Crippen molar-refractivity contribution in [3.05, 3.63) is 34.9 Å². The van der Waals surface area contributed by atoms with Gasteiger partial charge in [0.25, 0.3) is 0 Å². The van der Waals surface area contributed by atoms with Gasteiger partial charge in [0.15, 0.2) is 0 Å². The Hall–Kier alpha value is -2.03. The van der Waals surface area contributed by atoms with Crippen LogP contribution >= 0.6 is 12.4 Å². The van der Waals surface area contributed by atoms with Crippen LogP contribution in [0, 0.1) is 23.2 Å². The lowest BCUT2D eigenvalue weighted by atomic mass is 9.66. The summed E-state index contributed by atoms with van der Waals surface area (Å²) in [6.07, 6.45) is 8.45. The number of halogens is 1. The molecule has 5 nitrogen and oxygen atoms in total. The molecule has 230 valence electrons. The lowest BCUT2D eigenvalue weighted by molar-refractivity contribution is -0.138. The molecule has 0 radical (unpaired) electrons. The van der Waals surface area contributed by atoms with Crippen molar-refractivity contribution in [2.75, 3.05) is 6.54 Å². The monoisotopic (exact) mass is 586 g/mol. The topological polar surface area (TPSA) is 62.6 Å². The van der Waals surface area contributed by atoms with E-state index in [2.05, 4.69) is 91.5 Å². The maximum Gasteiger partial charge on any atom is 0.314 e. The Morgan fingerprint density at radius 3 is 2.44 bits per heavy atom. The normalized spacial score (nSPS) is 20.3. The first-order chi connectivity index (χ1) is 18.7. The Labute approximate surface area is 256 Å². The number of fused-ring (bicyclic) bond motifs is 3. The van der Waals surface area contributed by atoms with Crippen molar-refractivity contribution >= 4 is 18.4 Å². The van der Waals surface area contributed by atoms with Crippen molar-refractivity contribution in [2.45, 2.75) is 143 Å². The van der Waals surface area contributed by atoms with Crippen molar-refractivity contribution < 1.29 is 14.3 Å². The molecular formula is C35H55ClN2O3. The van der Waals surface area contributed by atoms with E-state index in [4.69, 9.17) is 14.7 Å². The van der Waals surface area contributed by atoms with Crippen LogP contribution in [0.4, 0.5) is 0 Å². The molecule has 6 heteroatoms. The number of carbonyl (C=O) groups is 1. The number of benzene rings is 1. The molecule has 41 heavy (non-hydrogen) atoms. The van der Waals surface area contributed by atoms with Crippen LogP contribution in [-0.4, -0.2) is 35.1 Å². The molecule has 0 bridgehead atoms. The van der Waals surface area contributed by atoms with Crippen LogP contribution < -0.4 is 9.47 Å². The van der Waals surface area contributed by atoms with Gasteiger partial charge in [0.05, 0.1) is 12.0 Å². The van der Waals surface area contributed by atoms with Crippen molar-refractivity contribution in [1.82, 2.24) is 4.90 Å². The van der Waals surface area contributed by atoms with Crippen LogP contribution in [0.1, 0.15) is 131 Å². The van der Waals surface area contributed by atoms with E-state index in [0.29, 0.717) is 30.2 Å². The van der Waals surface area contributed by atoms with E-state index in [1.807, 2.05) is 6.92 Å². The zero-order valence-corrected chi connectivity index (χ0v) is 28.1. The molecule has 3 rings (SSSR count). The maximum absolute atomic E-state index is 13.6. The maximum atomic E-state index is 13.6. The summed E-state index contributed by atoms with van der Waals surface area (Å²) in [7, 11) is 0. The molecule has 3 atom stereocenters. The molecule has 1 aromatic rings. The molecule has 1 aliphatic heterocycles. The molecule has 0 fully saturated rings. The average molecular weight is 587 g/mol.